The van der Waals surface area contributed by atoms with Crippen LogP contribution in [-0.4, -0.2) is 46.0 Å². The number of aromatic nitrogens is 2. The SMILES string of the molecule is CNC(=O)Nc1nc(C)c(-c2cc3c(c(OC(C)C)n2)C(=O)N([C@@H](C)C2CC2)C3)s1. The van der Waals surface area contributed by atoms with Gasteiger partial charge < -0.3 is 15.0 Å². The molecule has 4 rings (SSSR count). The van der Waals surface area contributed by atoms with Crippen LogP contribution in [0.4, 0.5) is 9.93 Å². The van der Waals surface area contributed by atoms with Crippen LogP contribution < -0.4 is 15.4 Å². The molecule has 8 nitrogen and oxygen atoms in total. The largest absolute Gasteiger partial charge is 0.474 e. The number of ether oxygens (including phenoxy) is 1. The Labute approximate surface area is 180 Å². The van der Waals surface area contributed by atoms with Crippen molar-refractivity contribution in [1.82, 2.24) is 20.2 Å². The predicted octanol–water partition coefficient (Wildman–Crippen LogP) is 3.81. The molecular weight excluding hydrogens is 402 g/mol. The van der Waals surface area contributed by atoms with Gasteiger partial charge in [-0.2, -0.15) is 0 Å². The zero-order valence-electron chi connectivity index (χ0n) is 17.9. The number of aryl methyl sites for hydroxylation is 1. The summed E-state index contributed by atoms with van der Waals surface area (Å²) < 4.78 is 5.97. The first-order valence-electron chi connectivity index (χ1n) is 10.3. The summed E-state index contributed by atoms with van der Waals surface area (Å²) in [5.74, 6) is 0.968. The van der Waals surface area contributed by atoms with Crippen LogP contribution >= 0.6 is 11.3 Å². The van der Waals surface area contributed by atoms with Gasteiger partial charge in [-0.3, -0.25) is 10.1 Å². The smallest absolute Gasteiger partial charge is 0.320 e. The molecule has 2 aromatic heterocycles. The average molecular weight is 430 g/mol. The molecule has 2 aliphatic rings. The number of nitrogens with zero attached hydrogens (tertiary/aromatic N) is 3. The van der Waals surface area contributed by atoms with Crippen molar-refractivity contribution in [3.63, 3.8) is 0 Å². The Hall–Kier alpha value is -2.68. The summed E-state index contributed by atoms with van der Waals surface area (Å²) in [5.41, 5.74) is 2.98. The normalized spacial score (nSPS) is 16.6. The molecule has 3 amide bonds. The second-order valence-electron chi connectivity index (χ2n) is 8.16. The van der Waals surface area contributed by atoms with Crippen LogP contribution in [-0.2, 0) is 6.54 Å². The number of pyridine rings is 1. The molecular formula is C21H27N5O3S. The first-order valence-corrected chi connectivity index (χ1v) is 11.1. The molecule has 2 N–H and O–H groups in total. The summed E-state index contributed by atoms with van der Waals surface area (Å²) in [7, 11) is 1.56. The van der Waals surface area contributed by atoms with Crippen LogP contribution in [0, 0.1) is 12.8 Å². The van der Waals surface area contributed by atoms with Gasteiger partial charge in [-0.05, 0) is 58.1 Å². The fraction of sp³-hybridized carbons (Fsp3) is 0.524. The molecule has 0 aromatic carbocycles. The topological polar surface area (TPSA) is 96.5 Å². The van der Waals surface area contributed by atoms with E-state index in [-0.39, 0.29) is 24.1 Å². The third-order valence-corrected chi connectivity index (χ3v) is 6.60. The summed E-state index contributed by atoms with van der Waals surface area (Å²) in [6.07, 6.45) is 2.26. The number of thiazole rings is 1. The average Bonchev–Trinajstić information content (AvgIpc) is 3.40. The minimum absolute atomic E-state index is 0.00194. The number of hydrogen-bond acceptors (Lipinski definition) is 6. The van der Waals surface area contributed by atoms with E-state index < -0.39 is 0 Å². The molecule has 0 radical (unpaired) electrons. The third-order valence-electron chi connectivity index (χ3n) is 5.50. The lowest BCUT2D eigenvalue weighted by Crippen LogP contribution is -2.34. The maximum Gasteiger partial charge on any atom is 0.320 e. The van der Waals surface area contributed by atoms with E-state index in [0.29, 0.717) is 34.7 Å². The molecule has 0 saturated heterocycles. The van der Waals surface area contributed by atoms with Gasteiger partial charge >= 0.3 is 6.03 Å². The lowest BCUT2D eigenvalue weighted by atomic mass is 10.1. The molecule has 1 aliphatic carbocycles. The number of anilines is 1. The first kappa shape index (κ1) is 20.6. The van der Waals surface area contributed by atoms with E-state index in [1.54, 1.807) is 7.05 Å². The minimum atomic E-state index is -0.323. The van der Waals surface area contributed by atoms with Crippen molar-refractivity contribution in [1.29, 1.82) is 0 Å². The summed E-state index contributed by atoms with van der Waals surface area (Å²) in [5, 5.41) is 5.72. The molecule has 1 fully saturated rings. The van der Waals surface area contributed by atoms with E-state index in [2.05, 4.69) is 22.5 Å². The Bertz CT molecular complexity index is 999. The van der Waals surface area contributed by atoms with Crippen molar-refractivity contribution in [3.05, 3.63) is 22.9 Å². The zero-order chi connectivity index (χ0) is 21.6. The number of urea groups is 1. The molecule has 30 heavy (non-hydrogen) atoms. The molecule has 3 heterocycles. The summed E-state index contributed by atoms with van der Waals surface area (Å²) >= 11 is 1.35. The van der Waals surface area contributed by atoms with Gasteiger partial charge in [0.15, 0.2) is 5.13 Å². The summed E-state index contributed by atoms with van der Waals surface area (Å²) in [6.45, 7) is 8.42. The zero-order valence-corrected chi connectivity index (χ0v) is 18.7. The Balaban J connectivity index is 1.72. The van der Waals surface area contributed by atoms with E-state index in [1.165, 1.54) is 24.2 Å². The van der Waals surface area contributed by atoms with Crippen molar-refractivity contribution in [2.24, 2.45) is 5.92 Å². The maximum absolute atomic E-state index is 13.2. The van der Waals surface area contributed by atoms with Gasteiger partial charge in [0.2, 0.25) is 5.88 Å². The predicted molar refractivity (Wildman–Crippen MR) is 116 cm³/mol. The third kappa shape index (κ3) is 3.86. The molecule has 1 saturated carbocycles. The van der Waals surface area contributed by atoms with Gasteiger partial charge in [0.25, 0.3) is 5.91 Å². The second kappa shape index (κ2) is 7.86. The van der Waals surface area contributed by atoms with Gasteiger partial charge in [0.1, 0.15) is 5.56 Å². The first-order chi connectivity index (χ1) is 14.3. The number of hydrogen-bond donors (Lipinski definition) is 2. The Morgan fingerprint density at radius 1 is 1.30 bits per heavy atom. The standard InChI is InChI=1S/C21H27N5O3S/c1-10(2)29-18-16-14(9-26(19(16)27)12(4)13-6-7-13)8-15(24-18)17-11(3)23-21(30-17)25-20(28)22-5/h8,10,12-13H,6-7,9H2,1-5H3,(H2,22,23,25,28)/t12-/m0/s1. The van der Waals surface area contributed by atoms with E-state index in [9.17, 15) is 9.59 Å². The minimum Gasteiger partial charge on any atom is -0.474 e. The summed E-state index contributed by atoms with van der Waals surface area (Å²) in [6, 6.07) is 1.86. The Morgan fingerprint density at radius 2 is 2.03 bits per heavy atom. The van der Waals surface area contributed by atoms with E-state index in [1.807, 2.05) is 31.7 Å². The highest BCUT2D eigenvalue weighted by Gasteiger charge is 2.41. The number of rotatable bonds is 6. The monoisotopic (exact) mass is 429 g/mol. The van der Waals surface area contributed by atoms with Crippen molar-refractivity contribution < 1.29 is 14.3 Å². The van der Waals surface area contributed by atoms with E-state index in [0.717, 1.165) is 16.1 Å². The Morgan fingerprint density at radius 3 is 2.67 bits per heavy atom. The fourth-order valence-electron chi connectivity index (χ4n) is 3.76. The van der Waals surface area contributed by atoms with E-state index in [4.69, 9.17) is 9.72 Å². The van der Waals surface area contributed by atoms with Crippen LogP contribution in [0.1, 0.15) is 55.2 Å². The van der Waals surface area contributed by atoms with Gasteiger partial charge in [0.05, 0.1) is 22.4 Å². The quantitative estimate of drug-likeness (QED) is 0.728. The van der Waals surface area contributed by atoms with Crippen LogP contribution in [0.15, 0.2) is 6.07 Å². The van der Waals surface area contributed by atoms with Crippen molar-refractivity contribution >= 4 is 28.4 Å². The van der Waals surface area contributed by atoms with Crippen LogP contribution in [0.25, 0.3) is 10.6 Å². The molecule has 160 valence electrons. The molecule has 0 unspecified atom stereocenters. The molecule has 0 spiro atoms. The number of fused-ring (bicyclic) bond motifs is 1. The van der Waals surface area contributed by atoms with Crippen molar-refractivity contribution in [2.45, 2.75) is 59.2 Å². The van der Waals surface area contributed by atoms with Crippen molar-refractivity contribution in [2.75, 3.05) is 12.4 Å². The van der Waals surface area contributed by atoms with Crippen LogP contribution in [0.3, 0.4) is 0 Å². The van der Waals surface area contributed by atoms with Gasteiger partial charge in [0, 0.05) is 19.6 Å². The number of amides is 3. The molecule has 0 bridgehead atoms. The number of carbonyl (C=O) groups excluding carboxylic acids is 2. The number of carbonyl (C=O) groups is 2. The molecule has 1 atom stereocenters. The molecule has 9 heteroatoms. The lowest BCUT2D eigenvalue weighted by molar-refractivity contribution is 0.0692. The highest BCUT2D eigenvalue weighted by molar-refractivity contribution is 7.19. The fourth-order valence-corrected chi connectivity index (χ4v) is 4.68. The van der Waals surface area contributed by atoms with Crippen molar-refractivity contribution in [3.8, 4) is 16.5 Å². The van der Waals surface area contributed by atoms with Gasteiger partial charge in [-0.1, -0.05) is 11.3 Å². The van der Waals surface area contributed by atoms with Crippen LogP contribution in [0.2, 0.25) is 0 Å². The maximum atomic E-state index is 13.2. The summed E-state index contributed by atoms with van der Waals surface area (Å²) in [4.78, 5) is 36.7. The highest BCUT2D eigenvalue weighted by Crippen LogP contribution is 2.42. The second-order valence-corrected chi connectivity index (χ2v) is 9.16. The highest BCUT2D eigenvalue weighted by atomic mass is 32.1. The van der Waals surface area contributed by atoms with E-state index >= 15 is 0 Å². The molecule has 1 aliphatic heterocycles. The molecule has 2 aromatic rings. The number of nitrogens with one attached hydrogen (secondary N) is 2. The van der Waals surface area contributed by atoms with Crippen LogP contribution in [0.5, 0.6) is 5.88 Å². The van der Waals surface area contributed by atoms with Gasteiger partial charge in [-0.25, -0.2) is 14.8 Å². The lowest BCUT2D eigenvalue weighted by Gasteiger charge is -2.24. The Kier molecular flexibility index (Phi) is 5.40. The van der Waals surface area contributed by atoms with Gasteiger partial charge in [-0.15, -0.1) is 0 Å².